The lowest BCUT2D eigenvalue weighted by molar-refractivity contribution is -0.145. The number of hydrogen-bond acceptors (Lipinski definition) is 3. The third kappa shape index (κ3) is 5.30. The third-order valence-corrected chi connectivity index (χ3v) is 5.94. The van der Waals surface area contributed by atoms with E-state index in [-0.39, 0.29) is 23.8 Å². The van der Waals surface area contributed by atoms with E-state index in [0.717, 1.165) is 50.6 Å². The number of pyridine rings is 1. The molecule has 27 heavy (non-hydrogen) atoms. The van der Waals surface area contributed by atoms with Crippen molar-refractivity contribution in [3.05, 3.63) is 30.1 Å². The van der Waals surface area contributed by atoms with E-state index in [1.165, 1.54) is 0 Å². The molecule has 3 rings (SSSR count). The monoisotopic (exact) mass is 371 g/mol. The number of nitrogens with zero attached hydrogens (tertiary/aromatic N) is 3. The summed E-state index contributed by atoms with van der Waals surface area (Å²) in [6, 6.07) is 4.07. The molecule has 1 aromatic heterocycles. The summed E-state index contributed by atoms with van der Waals surface area (Å²) in [5.74, 6) is 1.22. The van der Waals surface area contributed by atoms with Gasteiger partial charge in [0.05, 0.1) is 0 Å². The Labute approximate surface area is 163 Å². The molecule has 1 aliphatic carbocycles. The van der Waals surface area contributed by atoms with Crippen LogP contribution < -0.4 is 0 Å². The average Bonchev–Trinajstić information content (AvgIpc) is 2.63. The quantitative estimate of drug-likeness (QED) is 0.735. The van der Waals surface area contributed by atoms with Crippen molar-refractivity contribution in [3.63, 3.8) is 0 Å². The van der Waals surface area contributed by atoms with Gasteiger partial charge in [0.2, 0.25) is 11.8 Å². The molecule has 2 fully saturated rings. The molecule has 1 saturated heterocycles. The molecule has 0 radical (unpaired) electrons. The lowest BCUT2D eigenvalue weighted by Gasteiger charge is -2.42. The van der Waals surface area contributed by atoms with Crippen molar-refractivity contribution < 1.29 is 9.59 Å². The number of carbonyl (C=O) groups excluding carboxylic acids is 2. The summed E-state index contributed by atoms with van der Waals surface area (Å²) in [5.41, 5.74) is 1.06. The van der Waals surface area contributed by atoms with Gasteiger partial charge in [0, 0.05) is 50.4 Å². The van der Waals surface area contributed by atoms with Gasteiger partial charge in [-0.3, -0.25) is 14.6 Å². The van der Waals surface area contributed by atoms with E-state index >= 15 is 0 Å². The highest BCUT2D eigenvalue weighted by Gasteiger charge is 2.35. The fourth-order valence-electron chi connectivity index (χ4n) is 3.97. The third-order valence-electron chi connectivity index (χ3n) is 5.94. The van der Waals surface area contributed by atoms with Crippen LogP contribution in [0.4, 0.5) is 0 Å². The van der Waals surface area contributed by atoms with Crippen LogP contribution in [0.25, 0.3) is 0 Å². The van der Waals surface area contributed by atoms with Crippen LogP contribution in [0.1, 0.15) is 64.4 Å². The van der Waals surface area contributed by atoms with Crippen molar-refractivity contribution in [3.8, 4) is 0 Å². The Morgan fingerprint density at radius 3 is 2.70 bits per heavy atom. The van der Waals surface area contributed by atoms with Gasteiger partial charge in [0.1, 0.15) is 0 Å². The first kappa shape index (κ1) is 19.8. The van der Waals surface area contributed by atoms with Crippen LogP contribution in [-0.2, 0) is 16.1 Å². The van der Waals surface area contributed by atoms with Gasteiger partial charge >= 0.3 is 0 Å². The second-order valence-corrected chi connectivity index (χ2v) is 8.52. The fourth-order valence-corrected chi connectivity index (χ4v) is 3.97. The fraction of sp³-hybridized carbons (Fsp3) is 0.682. The lowest BCUT2D eigenvalue weighted by atomic mass is 9.83. The van der Waals surface area contributed by atoms with Crippen LogP contribution in [0, 0.1) is 11.8 Å². The van der Waals surface area contributed by atoms with E-state index in [9.17, 15) is 9.59 Å². The first-order chi connectivity index (χ1) is 13.0. The van der Waals surface area contributed by atoms with Gasteiger partial charge in [-0.15, -0.1) is 0 Å². The topological polar surface area (TPSA) is 53.5 Å². The zero-order valence-corrected chi connectivity index (χ0v) is 16.8. The standard InChI is InChI=1S/C22H33N3O2/c1-17(2)10-11-21(26)24-13-5-9-20(16-24)25(22(27)19-7-3-8-19)15-18-6-4-12-23-14-18/h4,6,12,14,17,19-20H,3,5,7-11,13,15-16H2,1-2H3. The van der Waals surface area contributed by atoms with Gasteiger partial charge in [0.25, 0.3) is 0 Å². The van der Waals surface area contributed by atoms with E-state index < -0.39 is 0 Å². The second-order valence-electron chi connectivity index (χ2n) is 8.52. The molecule has 0 spiro atoms. The normalized spacial score (nSPS) is 20.4. The Hall–Kier alpha value is -1.91. The Kier molecular flexibility index (Phi) is 6.86. The number of aromatic nitrogens is 1. The Morgan fingerprint density at radius 1 is 1.26 bits per heavy atom. The van der Waals surface area contributed by atoms with E-state index in [0.29, 0.717) is 25.4 Å². The van der Waals surface area contributed by atoms with Gasteiger partial charge in [0.15, 0.2) is 0 Å². The van der Waals surface area contributed by atoms with E-state index in [2.05, 4.69) is 18.8 Å². The summed E-state index contributed by atoms with van der Waals surface area (Å²) >= 11 is 0. The second kappa shape index (κ2) is 9.34. The summed E-state index contributed by atoms with van der Waals surface area (Å²) in [6.45, 7) is 6.40. The first-order valence-electron chi connectivity index (χ1n) is 10.5. The van der Waals surface area contributed by atoms with Crippen LogP contribution in [0.15, 0.2) is 24.5 Å². The van der Waals surface area contributed by atoms with Gasteiger partial charge in [-0.25, -0.2) is 0 Å². The van der Waals surface area contributed by atoms with Crippen LogP contribution in [0.3, 0.4) is 0 Å². The minimum atomic E-state index is 0.120. The van der Waals surface area contributed by atoms with Gasteiger partial charge in [-0.05, 0) is 49.7 Å². The Bertz CT molecular complexity index is 628. The van der Waals surface area contributed by atoms with Crippen molar-refractivity contribution in [2.24, 2.45) is 11.8 Å². The van der Waals surface area contributed by atoms with Crippen molar-refractivity contribution in [1.82, 2.24) is 14.8 Å². The molecule has 5 heteroatoms. The largest absolute Gasteiger partial charge is 0.341 e. The Morgan fingerprint density at radius 2 is 2.07 bits per heavy atom. The average molecular weight is 372 g/mol. The number of likely N-dealkylation sites (tertiary alicyclic amines) is 1. The number of amides is 2. The molecular weight excluding hydrogens is 338 g/mol. The molecule has 0 N–H and O–H groups in total. The highest BCUT2D eigenvalue weighted by atomic mass is 16.2. The molecule has 1 aromatic rings. The maximum Gasteiger partial charge on any atom is 0.226 e. The maximum atomic E-state index is 13.1. The summed E-state index contributed by atoms with van der Waals surface area (Å²) in [4.78, 5) is 34.0. The van der Waals surface area contributed by atoms with E-state index in [4.69, 9.17) is 0 Å². The predicted octanol–water partition coefficient (Wildman–Crippen LogP) is 3.64. The highest BCUT2D eigenvalue weighted by Crippen LogP contribution is 2.31. The molecule has 148 valence electrons. The van der Waals surface area contributed by atoms with Crippen LogP contribution in [-0.4, -0.2) is 45.7 Å². The molecular formula is C22H33N3O2. The molecule has 1 atom stereocenters. The SMILES string of the molecule is CC(C)CCC(=O)N1CCCC(N(Cc2cccnc2)C(=O)C2CCC2)C1. The summed E-state index contributed by atoms with van der Waals surface area (Å²) in [7, 11) is 0. The van der Waals surface area contributed by atoms with Gasteiger partial charge < -0.3 is 9.80 Å². The number of carbonyl (C=O) groups is 2. The minimum absolute atomic E-state index is 0.120. The molecule has 0 bridgehead atoms. The lowest BCUT2D eigenvalue weighted by Crippen LogP contribution is -2.53. The highest BCUT2D eigenvalue weighted by molar-refractivity contribution is 5.80. The van der Waals surface area contributed by atoms with Crippen molar-refractivity contribution >= 4 is 11.8 Å². The van der Waals surface area contributed by atoms with E-state index in [1.807, 2.05) is 28.1 Å². The van der Waals surface area contributed by atoms with Crippen LogP contribution in [0.2, 0.25) is 0 Å². The Balaban J connectivity index is 1.68. The number of rotatable bonds is 7. The maximum absolute atomic E-state index is 13.1. The predicted molar refractivity (Wildman–Crippen MR) is 106 cm³/mol. The summed E-state index contributed by atoms with van der Waals surface area (Å²) in [5, 5.41) is 0. The first-order valence-corrected chi connectivity index (χ1v) is 10.5. The zero-order chi connectivity index (χ0) is 19.2. The number of piperidine rings is 1. The summed E-state index contributed by atoms with van der Waals surface area (Å²) < 4.78 is 0. The van der Waals surface area contributed by atoms with Crippen molar-refractivity contribution in [1.29, 1.82) is 0 Å². The van der Waals surface area contributed by atoms with Crippen LogP contribution in [0.5, 0.6) is 0 Å². The van der Waals surface area contributed by atoms with Crippen molar-refractivity contribution in [2.75, 3.05) is 13.1 Å². The molecule has 2 heterocycles. The molecule has 5 nitrogen and oxygen atoms in total. The minimum Gasteiger partial charge on any atom is -0.341 e. The zero-order valence-electron chi connectivity index (χ0n) is 16.8. The molecule has 2 amide bonds. The van der Waals surface area contributed by atoms with Crippen LogP contribution >= 0.6 is 0 Å². The van der Waals surface area contributed by atoms with Crippen molar-refractivity contribution in [2.45, 2.75) is 71.4 Å². The summed E-state index contributed by atoms with van der Waals surface area (Å²) in [6.07, 6.45) is 10.3. The molecule has 1 aliphatic heterocycles. The number of hydrogen-bond donors (Lipinski definition) is 0. The van der Waals surface area contributed by atoms with Gasteiger partial charge in [-0.2, -0.15) is 0 Å². The molecule has 1 unspecified atom stereocenters. The molecule has 2 aliphatic rings. The molecule has 0 aromatic carbocycles. The smallest absolute Gasteiger partial charge is 0.226 e. The molecule has 1 saturated carbocycles. The van der Waals surface area contributed by atoms with Gasteiger partial charge in [-0.1, -0.05) is 26.3 Å². The van der Waals surface area contributed by atoms with E-state index in [1.54, 1.807) is 6.20 Å².